The van der Waals surface area contributed by atoms with Crippen LogP contribution in [0.1, 0.15) is 186 Å². The smallest absolute Gasteiger partial charge is 0.0991 e. The number of benzene rings is 4. The van der Waals surface area contributed by atoms with Crippen molar-refractivity contribution in [2.24, 2.45) is 0 Å². The Kier molecular flexibility index (Phi) is 12.7. The van der Waals surface area contributed by atoms with Crippen molar-refractivity contribution in [3.8, 4) is 50.6 Å². The molecule has 9 rings (SSSR count). The topological polar surface area (TPSA) is 81.2 Å². The van der Waals surface area contributed by atoms with E-state index in [4.69, 9.17) is 9.97 Å². The molecule has 8 bridgehead atoms. The van der Waals surface area contributed by atoms with Gasteiger partial charge in [-0.2, -0.15) is 5.26 Å². The van der Waals surface area contributed by atoms with Gasteiger partial charge < -0.3 is 9.97 Å². The van der Waals surface area contributed by atoms with Crippen molar-refractivity contribution in [2.75, 3.05) is 0 Å². The Morgan fingerprint density at radius 1 is 0.311 bits per heavy atom. The van der Waals surface area contributed by atoms with Gasteiger partial charge in [-0.05, 0) is 149 Å². The van der Waals surface area contributed by atoms with Gasteiger partial charge in [-0.15, -0.1) is 0 Å². The van der Waals surface area contributed by atoms with E-state index in [0.29, 0.717) is 5.56 Å². The van der Waals surface area contributed by atoms with E-state index in [9.17, 15) is 5.26 Å². The zero-order valence-electron chi connectivity index (χ0n) is 47.5. The normalized spacial score (nSPS) is 13.4. The number of aromatic amines is 2. The van der Waals surface area contributed by atoms with E-state index in [-0.39, 0.29) is 32.5 Å². The Labute approximate surface area is 442 Å². The minimum Gasteiger partial charge on any atom is -0.354 e. The molecule has 5 heterocycles. The predicted molar refractivity (Wildman–Crippen MR) is 318 cm³/mol. The lowest BCUT2D eigenvalue weighted by atomic mass is 9.78. The Morgan fingerprint density at radius 3 is 0.757 bits per heavy atom. The van der Waals surface area contributed by atoms with Gasteiger partial charge in [-0.1, -0.05) is 191 Å². The number of fused-ring (bicyclic) bond motifs is 8. The van der Waals surface area contributed by atoms with Crippen LogP contribution >= 0.6 is 0 Å². The fourth-order valence-electron chi connectivity index (χ4n) is 10.0. The van der Waals surface area contributed by atoms with E-state index in [2.05, 4.69) is 244 Å². The molecule has 4 aromatic carbocycles. The molecule has 0 saturated heterocycles. The van der Waals surface area contributed by atoms with Crippen LogP contribution in [0.3, 0.4) is 0 Å². The molecule has 378 valence electrons. The maximum absolute atomic E-state index is 9.91. The molecular weight excluding hydrogens is 899 g/mol. The molecule has 5 nitrogen and oxygen atoms in total. The van der Waals surface area contributed by atoms with E-state index in [0.717, 1.165) is 89.4 Å². The summed E-state index contributed by atoms with van der Waals surface area (Å²) in [7, 11) is 0. The number of nitrogens with zero attached hydrogens (tertiary/aromatic N) is 3. The van der Waals surface area contributed by atoms with Gasteiger partial charge in [0.15, 0.2) is 0 Å². The highest BCUT2D eigenvalue weighted by Crippen LogP contribution is 2.44. The van der Waals surface area contributed by atoms with Crippen LogP contribution in [0, 0.1) is 11.3 Å². The van der Waals surface area contributed by atoms with E-state index >= 15 is 0 Å². The Bertz CT molecular complexity index is 3470. The van der Waals surface area contributed by atoms with Crippen LogP contribution in [-0.4, -0.2) is 19.9 Å². The molecule has 0 aliphatic carbocycles. The van der Waals surface area contributed by atoms with E-state index in [1.165, 1.54) is 33.4 Å². The molecule has 7 aromatic rings. The van der Waals surface area contributed by atoms with Gasteiger partial charge in [0.05, 0.1) is 34.4 Å². The summed E-state index contributed by atoms with van der Waals surface area (Å²) >= 11 is 0. The van der Waals surface area contributed by atoms with Crippen molar-refractivity contribution in [1.29, 1.82) is 5.26 Å². The van der Waals surface area contributed by atoms with E-state index in [1.807, 2.05) is 24.3 Å². The molecule has 0 amide bonds. The molecule has 0 spiro atoms. The number of hydrogen-bond donors (Lipinski definition) is 2. The van der Waals surface area contributed by atoms with Crippen LogP contribution in [0.4, 0.5) is 0 Å². The summed E-state index contributed by atoms with van der Waals surface area (Å²) in [5, 5.41) is 9.91. The monoisotopic (exact) mass is 976 g/mol. The molecule has 5 heteroatoms. The quantitative estimate of drug-likeness (QED) is 0.184. The minimum atomic E-state index is -0.106. The summed E-state index contributed by atoms with van der Waals surface area (Å²) in [5.41, 5.74) is 23.2. The number of nitrogens with one attached hydrogen (secondary N) is 2. The Balaban J connectivity index is 1.53. The number of H-pyrrole nitrogens is 2. The molecule has 0 saturated carbocycles. The van der Waals surface area contributed by atoms with Crippen LogP contribution in [0.25, 0.3) is 90.9 Å². The van der Waals surface area contributed by atoms with Gasteiger partial charge in [-0.3, -0.25) is 0 Å². The first-order valence-electron chi connectivity index (χ1n) is 26.5. The zero-order chi connectivity index (χ0) is 53.7. The van der Waals surface area contributed by atoms with Crippen LogP contribution in [-0.2, 0) is 32.5 Å². The number of hydrogen-bond acceptors (Lipinski definition) is 3. The van der Waals surface area contributed by atoms with Crippen molar-refractivity contribution >= 4 is 46.4 Å². The molecule has 3 aromatic heterocycles. The van der Waals surface area contributed by atoms with Gasteiger partial charge in [0, 0.05) is 44.3 Å². The lowest BCUT2D eigenvalue weighted by Crippen LogP contribution is -2.16. The number of aromatic nitrogens is 4. The van der Waals surface area contributed by atoms with Crippen molar-refractivity contribution < 1.29 is 0 Å². The third-order valence-corrected chi connectivity index (χ3v) is 14.9. The first kappa shape index (κ1) is 51.9. The number of rotatable bonds is 4. The summed E-state index contributed by atoms with van der Waals surface area (Å²) in [5.74, 6) is 0. The molecule has 0 radical (unpaired) electrons. The Morgan fingerprint density at radius 2 is 0.541 bits per heavy atom. The average Bonchev–Trinajstić information content (AvgIpc) is 4.16. The fourth-order valence-corrected chi connectivity index (χ4v) is 10.0. The summed E-state index contributed by atoms with van der Waals surface area (Å²) in [6, 6.07) is 40.5. The summed E-state index contributed by atoms with van der Waals surface area (Å²) < 4.78 is 0. The van der Waals surface area contributed by atoms with Crippen molar-refractivity contribution in [3.63, 3.8) is 0 Å². The van der Waals surface area contributed by atoms with Gasteiger partial charge in [0.25, 0.3) is 0 Å². The molecule has 74 heavy (non-hydrogen) atoms. The van der Waals surface area contributed by atoms with Gasteiger partial charge in [0.1, 0.15) is 0 Å². The molecule has 2 aliphatic rings. The summed E-state index contributed by atoms with van der Waals surface area (Å²) in [4.78, 5) is 19.5. The Hall–Kier alpha value is -7.03. The van der Waals surface area contributed by atoms with Gasteiger partial charge in [-0.25, -0.2) is 9.97 Å². The first-order chi connectivity index (χ1) is 34.4. The van der Waals surface area contributed by atoms with E-state index in [1.54, 1.807) is 0 Å². The largest absolute Gasteiger partial charge is 0.354 e. The second kappa shape index (κ2) is 18.1. The highest BCUT2D eigenvalue weighted by molar-refractivity contribution is 6.00. The first-order valence-corrected chi connectivity index (χ1v) is 26.5. The van der Waals surface area contributed by atoms with Crippen LogP contribution in [0.15, 0.2) is 103 Å². The lowest BCUT2D eigenvalue weighted by Gasteiger charge is -2.26. The van der Waals surface area contributed by atoms with Gasteiger partial charge >= 0.3 is 0 Å². The average molecular weight is 976 g/mol. The predicted octanol–water partition coefficient (Wildman–Crippen LogP) is 19.0. The molecule has 2 N–H and O–H groups in total. The standard InChI is InChI=1S/C69H77N5/c1-64(2,3)46-31-43(32-47(37-46)65(4,5)6)61-54-25-23-52(71-54)60(42-21-19-41(40-70)20-22-42)53-24-26-55(72-53)62(44-33-48(66(7,8)9)38-49(34-44)67(10,11)12)57-28-30-59(74-57)63(58-29-27-56(61)73-58)45-35-50(68(13,14)15)39-51(36-45)69(16,17)18/h19-39,71,74H,1-18H3. The molecule has 0 atom stereocenters. The molecule has 0 unspecified atom stereocenters. The third-order valence-electron chi connectivity index (χ3n) is 14.9. The molecule has 0 fully saturated rings. The summed E-state index contributed by atoms with van der Waals surface area (Å²) in [6.45, 7) is 41.4. The maximum atomic E-state index is 9.91. The van der Waals surface area contributed by atoms with Crippen molar-refractivity contribution in [3.05, 3.63) is 165 Å². The van der Waals surface area contributed by atoms with Crippen LogP contribution in [0.2, 0.25) is 0 Å². The minimum absolute atomic E-state index is 0.103. The fraction of sp³-hybridized carbons (Fsp3) is 0.348. The molecular formula is C69H77N5. The van der Waals surface area contributed by atoms with Gasteiger partial charge in [0.2, 0.25) is 0 Å². The number of nitriles is 1. The second-order valence-electron chi connectivity index (χ2n) is 27.1. The van der Waals surface area contributed by atoms with E-state index < -0.39 is 0 Å². The maximum Gasteiger partial charge on any atom is 0.0991 e. The second-order valence-corrected chi connectivity index (χ2v) is 27.1. The highest BCUT2D eigenvalue weighted by atomic mass is 14.8. The lowest BCUT2D eigenvalue weighted by molar-refractivity contribution is 0.568. The summed E-state index contributed by atoms with van der Waals surface area (Å²) in [6.07, 6.45) is 8.77. The van der Waals surface area contributed by atoms with Crippen LogP contribution in [0.5, 0.6) is 0 Å². The van der Waals surface area contributed by atoms with Crippen LogP contribution < -0.4 is 0 Å². The SMILES string of the molecule is CC(C)(C)c1cc(-c2c3nc(c(-c4cc(C(C)(C)C)cc(C(C)(C)C)c4)c4ccc([nH]4)c(-c4cc(C(C)(C)C)cc(C(C)(C)C)c4)c4nc(c(-c5ccc(C#N)cc5)c5ccc2[nH]5)C=C4)C=C3)cc(C(C)(C)C)c1. The molecule has 2 aliphatic heterocycles. The zero-order valence-corrected chi connectivity index (χ0v) is 47.5. The third kappa shape index (κ3) is 10.3. The highest BCUT2D eigenvalue weighted by Gasteiger charge is 2.28. The van der Waals surface area contributed by atoms with Crippen molar-refractivity contribution in [1.82, 2.24) is 19.9 Å². The van der Waals surface area contributed by atoms with Crippen molar-refractivity contribution in [2.45, 2.75) is 157 Å².